The quantitative estimate of drug-likeness (QED) is 0.518. The third-order valence-electron chi connectivity index (χ3n) is 2.74. The van der Waals surface area contributed by atoms with E-state index in [0.717, 1.165) is 19.3 Å². The summed E-state index contributed by atoms with van der Waals surface area (Å²) < 4.78 is 9.67. The molecule has 1 amide bonds. The van der Waals surface area contributed by atoms with Crippen LogP contribution in [0, 0.1) is 11.8 Å². The molecule has 112 valence electrons. The highest BCUT2D eigenvalue weighted by Gasteiger charge is 2.17. The van der Waals surface area contributed by atoms with Crippen LogP contribution in [0.4, 0.5) is 4.79 Å². The van der Waals surface area contributed by atoms with Crippen molar-refractivity contribution in [1.82, 2.24) is 5.32 Å². The van der Waals surface area contributed by atoms with Gasteiger partial charge in [0.2, 0.25) is 0 Å². The topological polar surface area (TPSA) is 64.6 Å². The van der Waals surface area contributed by atoms with Crippen LogP contribution in [-0.2, 0) is 14.3 Å². The molecule has 0 radical (unpaired) electrons. The summed E-state index contributed by atoms with van der Waals surface area (Å²) >= 11 is 0. The molecule has 0 fully saturated rings. The second kappa shape index (κ2) is 10.6. The molecule has 5 heteroatoms. The molecule has 0 heterocycles. The largest absolute Gasteiger partial charge is 0.466 e. The summed E-state index contributed by atoms with van der Waals surface area (Å²) in [6.45, 7) is 7.15. The van der Waals surface area contributed by atoms with Gasteiger partial charge in [0.05, 0.1) is 20.1 Å². The smallest absolute Gasteiger partial charge is 0.406 e. The van der Waals surface area contributed by atoms with Gasteiger partial charge in [-0.15, -0.1) is 0 Å². The van der Waals surface area contributed by atoms with Gasteiger partial charge in [0.15, 0.2) is 0 Å². The number of unbranched alkanes of at least 4 members (excludes halogenated alkanes) is 1. The monoisotopic (exact) mass is 273 g/mol. The first kappa shape index (κ1) is 17.7. The molecule has 0 saturated heterocycles. The van der Waals surface area contributed by atoms with Crippen molar-refractivity contribution in [1.29, 1.82) is 0 Å². The van der Waals surface area contributed by atoms with E-state index in [-0.39, 0.29) is 11.9 Å². The zero-order chi connectivity index (χ0) is 14.7. The summed E-state index contributed by atoms with van der Waals surface area (Å²) in [5.74, 6) is 0.367. The van der Waals surface area contributed by atoms with Crippen LogP contribution in [0.15, 0.2) is 0 Å². The molecule has 0 spiro atoms. The minimum atomic E-state index is -0.465. The Hall–Kier alpha value is -1.26. The zero-order valence-electron chi connectivity index (χ0n) is 12.5. The minimum Gasteiger partial charge on any atom is -0.466 e. The second-order valence-electron chi connectivity index (χ2n) is 5.15. The molecule has 0 bridgehead atoms. The predicted molar refractivity (Wildman–Crippen MR) is 73.8 cm³/mol. The molecule has 19 heavy (non-hydrogen) atoms. The molecular weight excluding hydrogens is 246 g/mol. The zero-order valence-corrected chi connectivity index (χ0v) is 12.5. The number of esters is 1. The molecule has 1 atom stereocenters. The maximum Gasteiger partial charge on any atom is 0.406 e. The number of hydrogen-bond donors (Lipinski definition) is 1. The number of ether oxygens (including phenoxy) is 2. The Labute approximate surface area is 116 Å². The molecule has 0 aromatic heterocycles. The van der Waals surface area contributed by atoms with E-state index in [4.69, 9.17) is 4.74 Å². The van der Waals surface area contributed by atoms with Gasteiger partial charge in [-0.05, 0) is 24.7 Å². The molecule has 0 rings (SSSR count). The van der Waals surface area contributed by atoms with E-state index in [1.54, 1.807) is 0 Å². The summed E-state index contributed by atoms with van der Waals surface area (Å²) in [5.41, 5.74) is 0. The van der Waals surface area contributed by atoms with Crippen LogP contribution in [0.5, 0.6) is 0 Å². The summed E-state index contributed by atoms with van der Waals surface area (Å²) in [6.07, 6.45) is 2.64. The molecule has 0 saturated carbocycles. The van der Waals surface area contributed by atoms with E-state index in [1.165, 1.54) is 7.11 Å². The second-order valence-corrected chi connectivity index (χ2v) is 5.15. The lowest BCUT2D eigenvalue weighted by Gasteiger charge is -2.18. The number of alkyl carbamates (subject to hydrolysis) is 1. The molecule has 0 aliphatic rings. The van der Waals surface area contributed by atoms with Crippen molar-refractivity contribution < 1.29 is 19.1 Å². The number of carbonyl (C=O) groups excluding carboxylic acids is 2. The summed E-state index contributed by atoms with van der Waals surface area (Å²) in [5, 5.41) is 2.64. The van der Waals surface area contributed by atoms with E-state index < -0.39 is 6.09 Å². The van der Waals surface area contributed by atoms with Crippen LogP contribution in [-0.4, -0.2) is 32.3 Å². The van der Waals surface area contributed by atoms with Gasteiger partial charge < -0.3 is 14.8 Å². The van der Waals surface area contributed by atoms with Crippen molar-refractivity contribution in [3.63, 3.8) is 0 Å². The molecule has 0 unspecified atom stereocenters. The van der Waals surface area contributed by atoms with E-state index in [0.29, 0.717) is 25.5 Å². The van der Waals surface area contributed by atoms with Gasteiger partial charge in [-0.25, -0.2) is 4.79 Å². The Morgan fingerprint density at radius 1 is 1.26 bits per heavy atom. The van der Waals surface area contributed by atoms with Crippen molar-refractivity contribution >= 4 is 12.1 Å². The highest BCUT2D eigenvalue weighted by Crippen LogP contribution is 2.15. The molecular formula is C14H27NO4. The van der Waals surface area contributed by atoms with Crippen LogP contribution >= 0.6 is 0 Å². The highest BCUT2D eigenvalue weighted by atomic mass is 16.5. The Bertz CT molecular complexity index is 266. The lowest BCUT2D eigenvalue weighted by Crippen LogP contribution is -2.31. The molecule has 0 aliphatic carbocycles. The SMILES string of the molecule is CCCCOC(=O)C[C@@H](CNC(=O)OC)CC(C)C. The Kier molecular flexibility index (Phi) is 9.94. The fourth-order valence-corrected chi connectivity index (χ4v) is 1.83. The van der Waals surface area contributed by atoms with Crippen molar-refractivity contribution in [2.75, 3.05) is 20.3 Å². The Morgan fingerprint density at radius 2 is 1.95 bits per heavy atom. The third-order valence-corrected chi connectivity index (χ3v) is 2.74. The van der Waals surface area contributed by atoms with Gasteiger partial charge in [-0.1, -0.05) is 27.2 Å². The summed E-state index contributed by atoms with van der Waals surface area (Å²) in [7, 11) is 1.33. The lowest BCUT2D eigenvalue weighted by molar-refractivity contribution is -0.145. The number of nitrogens with one attached hydrogen (secondary N) is 1. The van der Waals surface area contributed by atoms with Gasteiger partial charge in [0.1, 0.15) is 0 Å². The van der Waals surface area contributed by atoms with Crippen molar-refractivity contribution in [3.8, 4) is 0 Å². The predicted octanol–water partition coefficient (Wildman–Crippen LogP) is 2.74. The number of rotatable bonds is 9. The third kappa shape index (κ3) is 10.4. The fraction of sp³-hybridized carbons (Fsp3) is 0.857. The maximum absolute atomic E-state index is 11.7. The number of methoxy groups -OCH3 is 1. The van der Waals surface area contributed by atoms with Gasteiger partial charge in [0.25, 0.3) is 0 Å². The summed E-state index contributed by atoms with van der Waals surface area (Å²) in [6, 6.07) is 0. The van der Waals surface area contributed by atoms with Gasteiger partial charge in [0, 0.05) is 6.54 Å². The standard InChI is InChI=1S/C14H27NO4/c1-5-6-7-19-13(16)9-12(8-11(2)3)10-15-14(17)18-4/h11-12H,5-10H2,1-4H3,(H,15,17)/t12-/m0/s1. The first-order chi connectivity index (χ1) is 8.99. The average Bonchev–Trinajstić information content (AvgIpc) is 2.35. The first-order valence-corrected chi connectivity index (χ1v) is 6.97. The van der Waals surface area contributed by atoms with Crippen LogP contribution in [0.25, 0.3) is 0 Å². The van der Waals surface area contributed by atoms with Crippen molar-refractivity contribution in [3.05, 3.63) is 0 Å². The van der Waals surface area contributed by atoms with E-state index in [9.17, 15) is 9.59 Å². The lowest BCUT2D eigenvalue weighted by atomic mass is 9.94. The van der Waals surface area contributed by atoms with Gasteiger partial charge in [-0.2, -0.15) is 0 Å². The van der Waals surface area contributed by atoms with Gasteiger partial charge >= 0.3 is 12.1 Å². The van der Waals surface area contributed by atoms with Gasteiger partial charge in [-0.3, -0.25) is 4.79 Å². The Balaban J connectivity index is 4.10. The van der Waals surface area contributed by atoms with E-state index in [2.05, 4.69) is 30.8 Å². The molecule has 1 N–H and O–H groups in total. The molecule has 0 aromatic carbocycles. The van der Waals surface area contributed by atoms with E-state index >= 15 is 0 Å². The van der Waals surface area contributed by atoms with E-state index in [1.807, 2.05) is 0 Å². The number of hydrogen-bond acceptors (Lipinski definition) is 4. The number of amides is 1. The van der Waals surface area contributed by atoms with Crippen LogP contribution in [0.1, 0.15) is 46.5 Å². The van der Waals surface area contributed by atoms with Crippen LogP contribution < -0.4 is 5.32 Å². The summed E-state index contributed by atoms with van der Waals surface area (Å²) in [4.78, 5) is 22.7. The number of carbonyl (C=O) groups is 2. The maximum atomic E-state index is 11.7. The van der Waals surface area contributed by atoms with Crippen LogP contribution in [0.2, 0.25) is 0 Å². The van der Waals surface area contributed by atoms with Crippen molar-refractivity contribution in [2.45, 2.75) is 46.5 Å². The fourth-order valence-electron chi connectivity index (χ4n) is 1.83. The molecule has 5 nitrogen and oxygen atoms in total. The van der Waals surface area contributed by atoms with Crippen molar-refractivity contribution in [2.24, 2.45) is 11.8 Å². The average molecular weight is 273 g/mol. The molecule has 0 aliphatic heterocycles. The molecule has 0 aromatic rings. The minimum absolute atomic E-state index is 0.0910. The first-order valence-electron chi connectivity index (χ1n) is 6.97. The highest BCUT2D eigenvalue weighted by molar-refractivity contribution is 5.70. The normalized spacial score (nSPS) is 12.1. The Morgan fingerprint density at radius 3 is 2.47 bits per heavy atom. The van der Waals surface area contributed by atoms with Crippen LogP contribution in [0.3, 0.4) is 0 Å².